The highest BCUT2D eigenvalue weighted by Crippen LogP contribution is 2.26. The summed E-state index contributed by atoms with van der Waals surface area (Å²) in [5, 5.41) is 0.842. The highest BCUT2D eigenvalue weighted by molar-refractivity contribution is 8.00. The van der Waals surface area contributed by atoms with Crippen molar-refractivity contribution in [2.75, 3.05) is 18.8 Å². The van der Waals surface area contributed by atoms with Gasteiger partial charge in [0.15, 0.2) is 0 Å². The smallest absolute Gasteiger partial charge is 0.0209 e. The van der Waals surface area contributed by atoms with Crippen LogP contribution in [0.1, 0.15) is 59.3 Å². The average molecular weight is 243 g/mol. The average Bonchev–Trinajstić information content (AvgIpc) is 2.29. The summed E-state index contributed by atoms with van der Waals surface area (Å²) in [7, 11) is 0. The predicted octanol–water partition coefficient (Wildman–Crippen LogP) is 4.17. The first-order valence-corrected chi connectivity index (χ1v) is 8.20. The van der Waals surface area contributed by atoms with Crippen molar-refractivity contribution in [2.45, 2.75) is 70.6 Å². The number of unbranched alkanes of at least 4 members (excludes halogenated alkanes) is 4. The van der Waals surface area contributed by atoms with Crippen molar-refractivity contribution in [3.63, 3.8) is 0 Å². The third kappa shape index (κ3) is 4.67. The summed E-state index contributed by atoms with van der Waals surface area (Å²) in [4.78, 5) is 2.74. The number of thioether (sulfide) groups is 1. The number of rotatable bonds is 7. The van der Waals surface area contributed by atoms with E-state index in [0.29, 0.717) is 0 Å². The summed E-state index contributed by atoms with van der Waals surface area (Å²) in [6.45, 7) is 9.70. The van der Waals surface area contributed by atoms with E-state index in [4.69, 9.17) is 0 Å². The summed E-state index contributed by atoms with van der Waals surface area (Å²) in [6, 6.07) is 0.838. The Morgan fingerprint density at radius 3 is 2.56 bits per heavy atom. The molecule has 1 fully saturated rings. The van der Waals surface area contributed by atoms with Crippen molar-refractivity contribution in [3.8, 4) is 0 Å². The first-order valence-electron chi connectivity index (χ1n) is 7.15. The SMILES string of the molecule is CCCCCCCN1CCSC(C)C1CC. The molecule has 2 unspecified atom stereocenters. The van der Waals surface area contributed by atoms with Crippen LogP contribution in [0.2, 0.25) is 0 Å². The van der Waals surface area contributed by atoms with E-state index in [2.05, 4.69) is 37.4 Å². The highest BCUT2D eigenvalue weighted by Gasteiger charge is 2.26. The normalized spacial score (nSPS) is 27.2. The van der Waals surface area contributed by atoms with Gasteiger partial charge in [-0.3, -0.25) is 4.90 Å². The fourth-order valence-electron chi connectivity index (χ4n) is 2.72. The summed E-state index contributed by atoms with van der Waals surface area (Å²) < 4.78 is 0. The van der Waals surface area contributed by atoms with E-state index in [1.807, 2.05) is 0 Å². The molecule has 0 amide bonds. The molecule has 0 spiro atoms. The second kappa shape index (κ2) is 8.41. The fourth-order valence-corrected chi connectivity index (χ4v) is 4.01. The van der Waals surface area contributed by atoms with Crippen molar-refractivity contribution >= 4 is 11.8 Å². The van der Waals surface area contributed by atoms with Gasteiger partial charge in [0.05, 0.1) is 0 Å². The minimum atomic E-state index is 0.838. The van der Waals surface area contributed by atoms with Gasteiger partial charge >= 0.3 is 0 Å². The second-order valence-corrected chi connectivity index (χ2v) is 6.49. The topological polar surface area (TPSA) is 3.24 Å². The maximum atomic E-state index is 2.74. The Morgan fingerprint density at radius 1 is 1.12 bits per heavy atom. The fraction of sp³-hybridized carbons (Fsp3) is 1.00. The molecule has 1 saturated heterocycles. The molecule has 0 N–H and O–H groups in total. The highest BCUT2D eigenvalue weighted by atomic mass is 32.2. The maximum Gasteiger partial charge on any atom is 0.0209 e. The van der Waals surface area contributed by atoms with Gasteiger partial charge in [-0.2, -0.15) is 11.8 Å². The largest absolute Gasteiger partial charge is 0.298 e. The van der Waals surface area contributed by atoms with Crippen LogP contribution in [0.3, 0.4) is 0 Å². The van der Waals surface area contributed by atoms with Gasteiger partial charge in [-0.1, -0.05) is 46.5 Å². The predicted molar refractivity (Wildman–Crippen MR) is 76.3 cm³/mol. The van der Waals surface area contributed by atoms with Gasteiger partial charge in [-0.15, -0.1) is 0 Å². The molecule has 96 valence electrons. The monoisotopic (exact) mass is 243 g/mol. The molecule has 16 heavy (non-hydrogen) atoms. The van der Waals surface area contributed by atoms with Crippen LogP contribution >= 0.6 is 11.8 Å². The van der Waals surface area contributed by atoms with Crippen LogP contribution in [0.25, 0.3) is 0 Å². The Labute approximate surface area is 106 Å². The van der Waals surface area contributed by atoms with Crippen LogP contribution in [0.15, 0.2) is 0 Å². The summed E-state index contributed by atoms with van der Waals surface area (Å²) in [5.41, 5.74) is 0. The Balaban J connectivity index is 2.18. The van der Waals surface area contributed by atoms with Gasteiger partial charge in [-0.25, -0.2) is 0 Å². The molecule has 0 radical (unpaired) electrons. The first-order chi connectivity index (χ1) is 7.79. The quantitative estimate of drug-likeness (QED) is 0.617. The zero-order chi connectivity index (χ0) is 11.8. The van der Waals surface area contributed by atoms with E-state index in [0.717, 1.165) is 11.3 Å². The van der Waals surface area contributed by atoms with Gasteiger partial charge < -0.3 is 0 Å². The Morgan fingerprint density at radius 2 is 1.88 bits per heavy atom. The van der Waals surface area contributed by atoms with Crippen LogP contribution in [0, 0.1) is 0 Å². The van der Waals surface area contributed by atoms with E-state index in [9.17, 15) is 0 Å². The standard InChI is InChI=1S/C14H29NS/c1-4-6-7-8-9-10-15-11-12-16-13(3)14(15)5-2/h13-14H,4-12H2,1-3H3. The van der Waals surface area contributed by atoms with E-state index < -0.39 is 0 Å². The molecule has 1 nitrogen and oxygen atoms in total. The van der Waals surface area contributed by atoms with Crippen LogP contribution in [0.5, 0.6) is 0 Å². The Hall–Kier alpha value is 0.310. The van der Waals surface area contributed by atoms with Crippen LogP contribution < -0.4 is 0 Å². The molecule has 2 atom stereocenters. The van der Waals surface area contributed by atoms with Crippen molar-refractivity contribution in [1.82, 2.24) is 4.90 Å². The molecule has 0 aromatic heterocycles. The molecule has 1 aliphatic rings. The maximum absolute atomic E-state index is 2.74. The lowest BCUT2D eigenvalue weighted by atomic mass is 10.1. The van der Waals surface area contributed by atoms with E-state index in [1.165, 1.54) is 57.4 Å². The molecule has 1 rings (SSSR count). The zero-order valence-corrected chi connectivity index (χ0v) is 12.2. The van der Waals surface area contributed by atoms with Gasteiger partial charge in [0.1, 0.15) is 0 Å². The molecule has 0 bridgehead atoms. The third-order valence-electron chi connectivity index (χ3n) is 3.74. The van der Waals surface area contributed by atoms with E-state index in [-0.39, 0.29) is 0 Å². The van der Waals surface area contributed by atoms with E-state index in [1.54, 1.807) is 0 Å². The lowest BCUT2D eigenvalue weighted by Crippen LogP contribution is -2.46. The summed E-state index contributed by atoms with van der Waals surface area (Å²) in [5.74, 6) is 1.34. The zero-order valence-electron chi connectivity index (χ0n) is 11.4. The molecule has 0 saturated carbocycles. The molecular weight excluding hydrogens is 214 g/mol. The number of nitrogens with zero attached hydrogens (tertiary/aromatic N) is 1. The van der Waals surface area contributed by atoms with Crippen molar-refractivity contribution in [3.05, 3.63) is 0 Å². The molecule has 1 heterocycles. The molecular formula is C14H29NS. The number of hydrogen-bond acceptors (Lipinski definition) is 2. The summed E-state index contributed by atoms with van der Waals surface area (Å²) >= 11 is 2.16. The van der Waals surface area contributed by atoms with Gasteiger partial charge in [0.25, 0.3) is 0 Å². The van der Waals surface area contributed by atoms with Crippen LogP contribution in [-0.4, -0.2) is 35.0 Å². The minimum absolute atomic E-state index is 0.838. The molecule has 2 heteroatoms. The van der Waals surface area contributed by atoms with Gasteiger partial charge in [-0.05, 0) is 19.4 Å². The molecule has 0 aliphatic carbocycles. The lowest BCUT2D eigenvalue weighted by Gasteiger charge is -2.39. The first kappa shape index (κ1) is 14.4. The van der Waals surface area contributed by atoms with Crippen LogP contribution in [-0.2, 0) is 0 Å². The Kier molecular flexibility index (Phi) is 7.55. The van der Waals surface area contributed by atoms with Crippen LogP contribution in [0.4, 0.5) is 0 Å². The summed E-state index contributed by atoms with van der Waals surface area (Å²) in [6.07, 6.45) is 8.38. The second-order valence-electron chi connectivity index (χ2n) is 5.00. The van der Waals surface area contributed by atoms with Crippen molar-refractivity contribution in [1.29, 1.82) is 0 Å². The van der Waals surface area contributed by atoms with E-state index >= 15 is 0 Å². The molecule has 1 aliphatic heterocycles. The number of hydrogen-bond donors (Lipinski definition) is 0. The Bertz CT molecular complexity index is 172. The molecule has 0 aromatic rings. The van der Waals surface area contributed by atoms with Gasteiger partial charge in [0.2, 0.25) is 0 Å². The van der Waals surface area contributed by atoms with Crippen molar-refractivity contribution < 1.29 is 0 Å². The lowest BCUT2D eigenvalue weighted by molar-refractivity contribution is 0.190. The van der Waals surface area contributed by atoms with Gasteiger partial charge in [0, 0.05) is 23.6 Å². The minimum Gasteiger partial charge on any atom is -0.298 e. The third-order valence-corrected chi connectivity index (χ3v) is 5.00. The van der Waals surface area contributed by atoms with Crippen molar-refractivity contribution in [2.24, 2.45) is 0 Å². The molecule has 0 aromatic carbocycles.